The van der Waals surface area contributed by atoms with E-state index in [9.17, 15) is 9.59 Å². The molecular formula is C24H23N3O4S2. The topological polar surface area (TPSA) is 73.7 Å². The summed E-state index contributed by atoms with van der Waals surface area (Å²) in [5.74, 6) is 1.23. The standard InChI is InChI=1S/C24H23N3O4S2/c1-13-19-22(25-12-26(2)23(19)28)33-21(13)24(29)27-8-7-14-10-16(30-3)17(31-4)11-15(14)20(27)18-6-5-9-32-18/h5-6,9-12,20H,7-8H2,1-4H3. The Balaban J connectivity index is 1.65. The summed E-state index contributed by atoms with van der Waals surface area (Å²) in [6.07, 6.45) is 2.20. The second kappa shape index (κ2) is 8.31. The van der Waals surface area contributed by atoms with Crippen LogP contribution in [-0.2, 0) is 13.5 Å². The van der Waals surface area contributed by atoms with Crippen LogP contribution in [0, 0.1) is 6.92 Å². The van der Waals surface area contributed by atoms with Crippen molar-refractivity contribution >= 4 is 38.8 Å². The van der Waals surface area contributed by atoms with Crippen molar-refractivity contribution in [3.63, 3.8) is 0 Å². The van der Waals surface area contributed by atoms with Crippen molar-refractivity contribution in [2.24, 2.45) is 7.05 Å². The van der Waals surface area contributed by atoms with Gasteiger partial charge in [-0.3, -0.25) is 9.59 Å². The second-order valence-electron chi connectivity index (χ2n) is 7.97. The number of hydrogen-bond donors (Lipinski definition) is 0. The van der Waals surface area contributed by atoms with E-state index in [1.165, 1.54) is 22.2 Å². The van der Waals surface area contributed by atoms with Gasteiger partial charge in [0.1, 0.15) is 4.83 Å². The molecule has 1 aromatic carbocycles. The summed E-state index contributed by atoms with van der Waals surface area (Å²) < 4.78 is 12.5. The maximum absolute atomic E-state index is 13.9. The molecule has 0 radical (unpaired) electrons. The van der Waals surface area contributed by atoms with Crippen LogP contribution >= 0.6 is 22.7 Å². The Kier molecular flexibility index (Phi) is 5.46. The molecule has 1 amide bonds. The molecule has 0 bridgehead atoms. The highest BCUT2D eigenvalue weighted by molar-refractivity contribution is 7.20. The molecule has 4 aromatic rings. The predicted molar refractivity (Wildman–Crippen MR) is 130 cm³/mol. The molecule has 4 heterocycles. The first-order valence-corrected chi connectivity index (χ1v) is 12.2. The van der Waals surface area contributed by atoms with Gasteiger partial charge in [-0.05, 0) is 53.6 Å². The van der Waals surface area contributed by atoms with Crippen LogP contribution in [0.5, 0.6) is 11.5 Å². The number of hydrogen-bond acceptors (Lipinski definition) is 7. The van der Waals surface area contributed by atoms with Crippen molar-refractivity contribution in [1.29, 1.82) is 0 Å². The number of benzene rings is 1. The lowest BCUT2D eigenvalue weighted by Gasteiger charge is -2.37. The molecule has 1 atom stereocenters. The van der Waals surface area contributed by atoms with Crippen LogP contribution in [0.25, 0.3) is 10.2 Å². The summed E-state index contributed by atoms with van der Waals surface area (Å²) in [6, 6.07) is 7.79. The molecule has 33 heavy (non-hydrogen) atoms. The van der Waals surface area contributed by atoms with Crippen molar-refractivity contribution in [2.45, 2.75) is 19.4 Å². The normalized spacial score (nSPS) is 15.5. The Hall–Kier alpha value is -3.17. The number of methoxy groups -OCH3 is 2. The lowest BCUT2D eigenvalue weighted by Crippen LogP contribution is -2.40. The zero-order valence-corrected chi connectivity index (χ0v) is 20.4. The summed E-state index contributed by atoms with van der Waals surface area (Å²) in [5, 5.41) is 2.54. The van der Waals surface area contributed by atoms with Gasteiger partial charge in [-0.25, -0.2) is 4.98 Å². The van der Waals surface area contributed by atoms with Crippen LogP contribution in [0.4, 0.5) is 0 Å². The molecule has 0 spiro atoms. The van der Waals surface area contributed by atoms with E-state index in [-0.39, 0.29) is 17.5 Å². The van der Waals surface area contributed by atoms with Gasteiger partial charge < -0.3 is 18.9 Å². The van der Waals surface area contributed by atoms with Crippen LogP contribution in [0.2, 0.25) is 0 Å². The summed E-state index contributed by atoms with van der Waals surface area (Å²) in [7, 11) is 4.91. The molecule has 1 unspecified atom stereocenters. The fourth-order valence-corrected chi connectivity index (χ4v) is 6.41. The molecule has 5 rings (SSSR count). The molecule has 1 aliphatic rings. The van der Waals surface area contributed by atoms with Gasteiger partial charge >= 0.3 is 0 Å². The van der Waals surface area contributed by atoms with Gasteiger partial charge in [0.2, 0.25) is 0 Å². The maximum Gasteiger partial charge on any atom is 0.265 e. The Morgan fingerprint density at radius 3 is 2.67 bits per heavy atom. The fraction of sp³-hybridized carbons (Fsp3) is 0.292. The Labute approximate surface area is 198 Å². The quantitative estimate of drug-likeness (QED) is 0.437. The zero-order valence-electron chi connectivity index (χ0n) is 18.7. The van der Waals surface area contributed by atoms with Crippen LogP contribution in [-0.4, -0.2) is 41.1 Å². The zero-order chi connectivity index (χ0) is 23.3. The number of nitrogens with zero attached hydrogens (tertiary/aromatic N) is 3. The Morgan fingerprint density at radius 1 is 1.21 bits per heavy atom. The minimum Gasteiger partial charge on any atom is -0.493 e. The Bertz CT molecular complexity index is 1420. The molecule has 0 N–H and O–H groups in total. The van der Waals surface area contributed by atoms with Crippen molar-refractivity contribution in [1.82, 2.24) is 14.5 Å². The van der Waals surface area contributed by atoms with Gasteiger partial charge in [0, 0.05) is 18.5 Å². The number of carbonyl (C=O) groups excluding carboxylic acids is 1. The van der Waals surface area contributed by atoms with E-state index in [1.807, 2.05) is 35.4 Å². The predicted octanol–water partition coefficient (Wildman–Crippen LogP) is 4.17. The van der Waals surface area contributed by atoms with Gasteiger partial charge in [-0.1, -0.05) is 6.07 Å². The minimum absolute atomic E-state index is 0.0867. The number of amides is 1. The second-order valence-corrected chi connectivity index (χ2v) is 9.95. The van der Waals surface area contributed by atoms with E-state index in [0.717, 1.165) is 16.0 Å². The largest absolute Gasteiger partial charge is 0.493 e. The van der Waals surface area contributed by atoms with Crippen LogP contribution in [0.15, 0.2) is 40.8 Å². The average molecular weight is 482 g/mol. The molecule has 170 valence electrons. The average Bonchev–Trinajstić information content (AvgIpc) is 3.47. The third-order valence-corrected chi connectivity index (χ3v) is 8.26. The third-order valence-electron chi connectivity index (χ3n) is 6.15. The van der Waals surface area contributed by atoms with Gasteiger partial charge in [-0.15, -0.1) is 22.7 Å². The first-order valence-electron chi connectivity index (χ1n) is 10.5. The number of aromatic nitrogens is 2. The van der Waals surface area contributed by atoms with Crippen molar-refractivity contribution < 1.29 is 14.3 Å². The highest BCUT2D eigenvalue weighted by atomic mass is 32.1. The monoisotopic (exact) mass is 481 g/mol. The van der Waals surface area contributed by atoms with Gasteiger partial charge in [0.15, 0.2) is 11.5 Å². The molecule has 7 nitrogen and oxygen atoms in total. The molecule has 0 fully saturated rings. The SMILES string of the molecule is COc1cc2c(cc1OC)C(c1cccs1)N(C(=O)c1sc3ncn(C)c(=O)c3c1C)CC2. The van der Waals surface area contributed by atoms with Crippen molar-refractivity contribution in [3.05, 3.63) is 72.8 Å². The van der Waals surface area contributed by atoms with Crippen molar-refractivity contribution in [3.8, 4) is 11.5 Å². The highest BCUT2D eigenvalue weighted by Gasteiger charge is 2.36. The van der Waals surface area contributed by atoms with Crippen molar-refractivity contribution in [2.75, 3.05) is 20.8 Å². The first-order chi connectivity index (χ1) is 15.9. The molecular weight excluding hydrogens is 458 g/mol. The first kappa shape index (κ1) is 21.7. The van der Waals surface area contributed by atoms with Crippen LogP contribution in [0.1, 0.15) is 37.3 Å². The van der Waals surface area contributed by atoms with E-state index in [2.05, 4.69) is 11.1 Å². The number of fused-ring (bicyclic) bond motifs is 2. The van der Waals surface area contributed by atoms with E-state index >= 15 is 0 Å². The number of carbonyl (C=O) groups is 1. The molecule has 0 saturated carbocycles. The van der Waals surface area contributed by atoms with Gasteiger partial charge in [0.25, 0.3) is 11.5 Å². The summed E-state index contributed by atoms with van der Waals surface area (Å²) in [5.41, 5.74) is 2.72. The summed E-state index contributed by atoms with van der Waals surface area (Å²) >= 11 is 2.90. The molecule has 1 aliphatic heterocycles. The number of thiophene rings is 2. The van der Waals surface area contributed by atoms with Crippen LogP contribution in [0.3, 0.4) is 0 Å². The van der Waals surface area contributed by atoms with E-state index in [1.54, 1.807) is 32.6 Å². The van der Waals surface area contributed by atoms with Crippen LogP contribution < -0.4 is 15.0 Å². The number of ether oxygens (including phenoxy) is 2. The maximum atomic E-state index is 13.9. The summed E-state index contributed by atoms with van der Waals surface area (Å²) in [6.45, 7) is 2.39. The smallest absolute Gasteiger partial charge is 0.265 e. The lowest BCUT2D eigenvalue weighted by atomic mass is 9.90. The lowest BCUT2D eigenvalue weighted by molar-refractivity contribution is 0.0701. The van der Waals surface area contributed by atoms with Gasteiger partial charge in [-0.2, -0.15) is 0 Å². The highest BCUT2D eigenvalue weighted by Crippen LogP contribution is 2.43. The Morgan fingerprint density at radius 2 is 1.97 bits per heavy atom. The van der Waals surface area contributed by atoms with E-state index in [4.69, 9.17) is 9.47 Å². The minimum atomic E-state index is -0.249. The molecule has 3 aromatic heterocycles. The number of aryl methyl sites for hydroxylation is 2. The summed E-state index contributed by atoms with van der Waals surface area (Å²) in [4.78, 5) is 35.1. The van der Waals surface area contributed by atoms with E-state index in [0.29, 0.717) is 45.1 Å². The number of rotatable bonds is 4. The molecule has 9 heteroatoms. The van der Waals surface area contributed by atoms with E-state index < -0.39 is 0 Å². The fourth-order valence-electron chi connectivity index (χ4n) is 4.46. The molecule has 0 saturated heterocycles. The molecule has 0 aliphatic carbocycles. The van der Waals surface area contributed by atoms with Gasteiger partial charge in [0.05, 0.1) is 36.9 Å². The third kappa shape index (κ3) is 3.43.